The molecule has 2 aliphatic heterocycles. The maximum Gasteiger partial charge on any atom is 0.317 e. The second-order valence-electron chi connectivity index (χ2n) is 9.75. The Hall–Kier alpha value is -3.01. The van der Waals surface area contributed by atoms with Crippen LogP contribution in [0.5, 0.6) is 0 Å². The second-order valence-corrected chi connectivity index (χ2v) is 10.6. The Morgan fingerprint density at radius 3 is 2.50 bits per heavy atom. The number of hydrogen-bond donors (Lipinski definition) is 1. The molecule has 2 saturated heterocycles. The number of nitrogens with zero attached hydrogens (tertiary/aromatic N) is 6. The molecule has 192 valence electrons. The molecule has 1 N–H and O–H groups in total. The third-order valence-electron chi connectivity index (χ3n) is 7.38. The Morgan fingerprint density at radius 2 is 1.78 bits per heavy atom. The molecule has 0 saturated carbocycles. The zero-order valence-corrected chi connectivity index (χ0v) is 21.6. The second kappa shape index (κ2) is 11.8. The highest BCUT2D eigenvalue weighted by molar-refractivity contribution is 7.09. The van der Waals surface area contributed by atoms with Gasteiger partial charge in [-0.05, 0) is 51.0 Å². The first-order valence-corrected chi connectivity index (χ1v) is 14.0. The first-order chi connectivity index (χ1) is 17.7. The number of aromatic nitrogens is 3. The molecule has 0 bridgehead atoms. The SMILES string of the molecule is O=C(NCCC1=CCCCC1)N1CCC(c2nc(C(=O)N3CCN(c4ncccn4)CC3)cs2)CC1. The van der Waals surface area contributed by atoms with Crippen LogP contribution >= 0.6 is 11.3 Å². The number of rotatable bonds is 6. The van der Waals surface area contributed by atoms with Crippen LogP contribution in [-0.2, 0) is 0 Å². The average molecular weight is 510 g/mol. The van der Waals surface area contributed by atoms with E-state index in [1.165, 1.54) is 31.3 Å². The number of hydrogen-bond acceptors (Lipinski definition) is 7. The summed E-state index contributed by atoms with van der Waals surface area (Å²) >= 11 is 1.57. The fourth-order valence-corrected chi connectivity index (χ4v) is 6.17. The van der Waals surface area contributed by atoms with Crippen molar-refractivity contribution in [2.45, 2.75) is 50.9 Å². The van der Waals surface area contributed by atoms with Gasteiger partial charge in [0, 0.05) is 69.5 Å². The van der Waals surface area contributed by atoms with Gasteiger partial charge in [-0.25, -0.2) is 19.7 Å². The van der Waals surface area contributed by atoms with Crippen LogP contribution in [0.2, 0.25) is 0 Å². The van der Waals surface area contributed by atoms with Gasteiger partial charge in [0.25, 0.3) is 5.91 Å². The van der Waals surface area contributed by atoms with Crippen molar-refractivity contribution in [3.05, 3.63) is 46.2 Å². The molecule has 0 aromatic carbocycles. The maximum absolute atomic E-state index is 13.1. The molecule has 2 fully saturated rings. The standard InChI is InChI=1S/C26H35N7O2S/c34-24(31-15-17-32(18-16-31)25-27-10-4-11-28-25)22-19-36-23(30-22)21-8-13-33(14-9-21)26(35)29-12-7-20-5-2-1-3-6-20/h4-5,10-11,19,21H,1-3,6-9,12-18H2,(H,29,35). The molecule has 0 atom stereocenters. The van der Waals surface area contributed by atoms with Gasteiger partial charge in [0.15, 0.2) is 0 Å². The number of nitrogens with one attached hydrogen (secondary N) is 1. The molecular formula is C26H35N7O2S. The molecule has 36 heavy (non-hydrogen) atoms. The van der Waals surface area contributed by atoms with Crippen molar-refractivity contribution < 1.29 is 9.59 Å². The summed E-state index contributed by atoms with van der Waals surface area (Å²) in [5.74, 6) is 1.01. The predicted octanol–water partition coefficient (Wildman–Crippen LogP) is 3.68. The summed E-state index contributed by atoms with van der Waals surface area (Å²) in [6, 6.07) is 1.85. The summed E-state index contributed by atoms with van der Waals surface area (Å²) < 4.78 is 0. The lowest BCUT2D eigenvalue weighted by molar-refractivity contribution is 0.0741. The Kier molecular flexibility index (Phi) is 8.10. The summed E-state index contributed by atoms with van der Waals surface area (Å²) in [7, 11) is 0. The lowest BCUT2D eigenvalue weighted by Crippen LogP contribution is -2.49. The first kappa shape index (κ1) is 24.7. The van der Waals surface area contributed by atoms with E-state index in [1.54, 1.807) is 29.8 Å². The molecule has 1 aliphatic carbocycles. The molecular weight excluding hydrogens is 474 g/mol. The molecule has 2 aromatic heterocycles. The number of urea groups is 1. The van der Waals surface area contributed by atoms with Gasteiger partial charge in [-0.1, -0.05) is 11.6 Å². The fourth-order valence-electron chi connectivity index (χ4n) is 5.20. The number of piperazine rings is 1. The van der Waals surface area contributed by atoms with Crippen LogP contribution in [-0.4, -0.2) is 82.5 Å². The highest BCUT2D eigenvalue weighted by atomic mass is 32.1. The predicted molar refractivity (Wildman–Crippen MR) is 140 cm³/mol. The maximum atomic E-state index is 13.1. The normalized spacial score (nSPS) is 19.2. The monoisotopic (exact) mass is 509 g/mol. The largest absolute Gasteiger partial charge is 0.338 e. The molecule has 3 aliphatic rings. The molecule has 10 heteroatoms. The molecule has 4 heterocycles. The van der Waals surface area contributed by atoms with E-state index >= 15 is 0 Å². The van der Waals surface area contributed by atoms with Crippen molar-refractivity contribution in [2.75, 3.05) is 50.7 Å². The minimum absolute atomic E-state index is 0.00368. The van der Waals surface area contributed by atoms with Crippen molar-refractivity contribution in [2.24, 2.45) is 0 Å². The van der Waals surface area contributed by atoms with Crippen molar-refractivity contribution in [3.63, 3.8) is 0 Å². The first-order valence-electron chi connectivity index (χ1n) is 13.1. The van der Waals surface area contributed by atoms with Gasteiger partial charge in [-0.2, -0.15) is 0 Å². The van der Waals surface area contributed by atoms with Crippen molar-refractivity contribution in [3.8, 4) is 0 Å². The number of carbonyl (C=O) groups is 2. The van der Waals surface area contributed by atoms with Crippen molar-refractivity contribution in [1.29, 1.82) is 0 Å². The van der Waals surface area contributed by atoms with Gasteiger partial charge in [0.2, 0.25) is 5.95 Å². The third kappa shape index (κ3) is 6.03. The minimum atomic E-state index is -0.00368. The number of anilines is 1. The summed E-state index contributed by atoms with van der Waals surface area (Å²) in [5, 5.41) is 6.00. The van der Waals surface area contributed by atoms with E-state index in [2.05, 4.69) is 26.3 Å². The number of carbonyl (C=O) groups excluding carboxylic acids is 2. The van der Waals surface area contributed by atoms with E-state index in [9.17, 15) is 9.59 Å². The highest BCUT2D eigenvalue weighted by Crippen LogP contribution is 2.31. The van der Waals surface area contributed by atoms with Crippen LogP contribution in [0, 0.1) is 0 Å². The minimum Gasteiger partial charge on any atom is -0.338 e. The molecule has 9 nitrogen and oxygen atoms in total. The molecule has 0 unspecified atom stereocenters. The smallest absolute Gasteiger partial charge is 0.317 e. The van der Waals surface area contributed by atoms with E-state index in [-0.39, 0.29) is 11.9 Å². The van der Waals surface area contributed by atoms with Crippen LogP contribution in [0.3, 0.4) is 0 Å². The van der Waals surface area contributed by atoms with E-state index in [4.69, 9.17) is 4.98 Å². The molecule has 3 amide bonds. The number of thiazole rings is 1. The van der Waals surface area contributed by atoms with Crippen LogP contribution in [0.4, 0.5) is 10.7 Å². The summed E-state index contributed by atoms with van der Waals surface area (Å²) in [5.41, 5.74) is 2.03. The summed E-state index contributed by atoms with van der Waals surface area (Å²) in [6.45, 7) is 4.87. The molecule has 5 rings (SSSR count). The number of amides is 3. The van der Waals surface area contributed by atoms with E-state index in [1.807, 2.05) is 15.2 Å². The molecule has 2 aromatic rings. The lowest BCUT2D eigenvalue weighted by atomic mass is 9.97. The Morgan fingerprint density at radius 1 is 1.00 bits per heavy atom. The van der Waals surface area contributed by atoms with E-state index < -0.39 is 0 Å². The number of allylic oxidation sites excluding steroid dienone is 1. The van der Waals surface area contributed by atoms with E-state index in [0.717, 1.165) is 43.9 Å². The van der Waals surface area contributed by atoms with Gasteiger partial charge in [0.1, 0.15) is 5.69 Å². The van der Waals surface area contributed by atoms with Crippen LogP contribution in [0.25, 0.3) is 0 Å². The van der Waals surface area contributed by atoms with Crippen molar-refractivity contribution in [1.82, 2.24) is 30.1 Å². The van der Waals surface area contributed by atoms with E-state index in [0.29, 0.717) is 43.7 Å². The van der Waals surface area contributed by atoms with Gasteiger partial charge in [-0.3, -0.25) is 4.79 Å². The third-order valence-corrected chi connectivity index (χ3v) is 8.39. The van der Waals surface area contributed by atoms with Crippen LogP contribution < -0.4 is 10.2 Å². The van der Waals surface area contributed by atoms with Crippen LogP contribution in [0.15, 0.2) is 35.5 Å². The summed E-state index contributed by atoms with van der Waals surface area (Å²) in [4.78, 5) is 44.9. The van der Waals surface area contributed by atoms with Crippen LogP contribution in [0.1, 0.15) is 66.4 Å². The van der Waals surface area contributed by atoms with Gasteiger partial charge in [0.05, 0.1) is 5.01 Å². The molecule has 0 spiro atoms. The molecule has 0 radical (unpaired) electrons. The Labute approximate surface area is 216 Å². The zero-order chi connectivity index (χ0) is 24.7. The average Bonchev–Trinajstić information content (AvgIpc) is 3.44. The van der Waals surface area contributed by atoms with Gasteiger partial charge < -0.3 is 20.0 Å². The van der Waals surface area contributed by atoms with Gasteiger partial charge >= 0.3 is 6.03 Å². The zero-order valence-electron chi connectivity index (χ0n) is 20.8. The fraction of sp³-hybridized carbons (Fsp3) is 0.577. The summed E-state index contributed by atoms with van der Waals surface area (Å²) in [6.07, 6.45) is 13.5. The number of likely N-dealkylation sites (tertiary alicyclic amines) is 1. The Bertz CT molecular complexity index is 1060. The topological polar surface area (TPSA) is 94.6 Å². The quantitative estimate of drug-likeness (QED) is 0.597. The number of piperidine rings is 1. The van der Waals surface area contributed by atoms with Crippen molar-refractivity contribution >= 4 is 29.2 Å². The highest BCUT2D eigenvalue weighted by Gasteiger charge is 2.28. The van der Waals surface area contributed by atoms with Gasteiger partial charge in [-0.15, -0.1) is 11.3 Å². The Balaban J connectivity index is 1.06. The lowest BCUT2D eigenvalue weighted by Gasteiger charge is -2.34.